The molecule has 0 N–H and O–H groups in total. The molecule has 2 aromatic carbocycles. The first kappa shape index (κ1) is 26.6. The number of ether oxygens (including phenoxy) is 1. The molecule has 188 valence electrons. The summed E-state index contributed by atoms with van der Waals surface area (Å²) in [6, 6.07) is 12.9. The van der Waals surface area contributed by atoms with E-state index >= 15 is 0 Å². The quantitative estimate of drug-likeness (QED) is 0.392. The maximum Gasteiger partial charge on any atom is 0.254 e. The molecule has 3 aromatic rings. The largest absolute Gasteiger partial charge is 0.383 e. The minimum atomic E-state index is -3.75. The van der Waals surface area contributed by atoms with Gasteiger partial charge in [0.25, 0.3) is 5.91 Å². The van der Waals surface area contributed by atoms with Gasteiger partial charge in [0, 0.05) is 25.8 Å². The van der Waals surface area contributed by atoms with E-state index in [9.17, 15) is 17.6 Å². The molecule has 1 aromatic heterocycles. The number of rotatable bonds is 11. The lowest BCUT2D eigenvalue weighted by molar-refractivity contribution is 0.0674. The summed E-state index contributed by atoms with van der Waals surface area (Å²) >= 11 is 0. The third-order valence-corrected chi connectivity index (χ3v) is 7.18. The molecule has 0 unspecified atom stereocenters. The molecule has 0 saturated carbocycles. The van der Waals surface area contributed by atoms with E-state index in [0.717, 1.165) is 11.1 Å². The maximum atomic E-state index is 13.7. The molecule has 1 heterocycles. The molecule has 0 aliphatic rings. The van der Waals surface area contributed by atoms with Gasteiger partial charge in [-0.3, -0.25) is 4.79 Å². The van der Waals surface area contributed by atoms with E-state index in [1.165, 1.54) is 36.4 Å². The molecule has 0 fully saturated rings. The Hall–Kier alpha value is -3.04. The summed E-state index contributed by atoms with van der Waals surface area (Å²) in [5.41, 5.74) is 2.41. The summed E-state index contributed by atoms with van der Waals surface area (Å²) in [5.74, 6) is -0.897. The Bertz CT molecular complexity index is 1270. The van der Waals surface area contributed by atoms with Gasteiger partial charge in [-0.1, -0.05) is 44.2 Å². The number of imidazole rings is 1. The third-order valence-electron chi connectivity index (χ3n) is 5.61. The molecule has 9 heteroatoms. The van der Waals surface area contributed by atoms with E-state index in [4.69, 9.17) is 4.74 Å². The predicted molar refractivity (Wildman–Crippen MR) is 132 cm³/mol. The average Bonchev–Trinajstić information content (AvgIpc) is 3.20. The highest BCUT2D eigenvalue weighted by molar-refractivity contribution is 7.90. The molecule has 1 amide bonds. The molecule has 0 spiro atoms. The third kappa shape index (κ3) is 6.76. The van der Waals surface area contributed by atoms with Crippen molar-refractivity contribution in [3.63, 3.8) is 0 Å². The summed E-state index contributed by atoms with van der Waals surface area (Å²) < 4.78 is 47.4. The normalized spacial score (nSPS) is 11.7. The number of methoxy groups -OCH3 is 1. The highest BCUT2D eigenvalue weighted by atomic mass is 32.2. The van der Waals surface area contributed by atoms with Crippen LogP contribution in [0.25, 0.3) is 0 Å². The van der Waals surface area contributed by atoms with Gasteiger partial charge in [0.1, 0.15) is 5.82 Å². The molecule has 0 aliphatic heterocycles. The zero-order chi connectivity index (χ0) is 25.6. The van der Waals surface area contributed by atoms with E-state index in [1.807, 2.05) is 39.0 Å². The van der Waals surface area contributed by atoms with Gasteiger partial charge in [-0.2, -0.15) is 0 Å². The van der Waals surface area contributed by atoms with Gasteiger partial charge in [0.2, 0.25) is 15.0 Å². The maximum absolute atomic E-state index is 13.7. The van der Waals surface area contributed by atoms with Crippen LogP contribution >= 0.6 is 0 Å². The topological polar surface area (TPSA) is 81.5 Å². The van der Waals surface area contributed by atoms with Gasteiger partial charge in [-0.05, 0) is 42.2 Å². The molecular weight excluding hydrogens is 469 g/mol. The second kappa shape index (κ2) is 11.6. The van der Waals surface area contributed by atoms with Gasteiger partial charge in [-0.15, -0.1) is 0 Å². The fourth-order valence-electron chi connectivity index (χ4n) is 3.82. The van der Waals surface area contributed by atoms with E-state index < -0.39 is 15.7 Å². The standard InChI is InChI=1S/C26H32FN3O4S/c1-19(2)16-30-24(15-28-26(30)35(32,33)18-22-9-6-5-8-20(22)3)17-29(12-13-34-4)25(31)21-10-7-11-23(27)14-21/h5-11,14-15,19H,12-13,16-18H2,1-4H3. The van der Waals surface area contributed by atoms with Crippen LogP contribution in [-0.4, -0.2) is 49.0 Å². The number of nitrogens with zero attached hydrogens (tertiary/aromatic N) is 3. The number of hydrogen-bond acceptors (Lipinski definition) is 5. The Morgan fingerprint density at radius 3 is 2.57 bits per heavy atom. The SMILES string of the molecule is COCCN(Cc1cnc(S(=O)(=O)Cc2ccccc2C)n1CC(C)C)C(=O)c1cccc(F)c1. The average molecular weight is 502 g/mol. The van der Waals surface area contributed by atoms with Crippen molar-refractivity contribution in [1.29, 1.82) is 0 Å². The molecule has 35 heavy (non-hydrogen) atoms. The first-order chi connectivity index (χ1) is 16.6. The van der Waals surface area contributed by atoms with Crippen molar-refractivity contribution in [2.45, 2.75) is 44.8 Å². The lowest BCUT2D eigenvalue weighted by atomic mass is 10.1. The van der Waals surface area contributed by atoms with Gasteiger partial charge in [0.15, 0.2) is 0 Å². The van der Waals surface area contributed by atoms with Gasteiger partial charge in [-0.25, -0.2) is 17.8 Å². The van der Waals surface area contributed by atoms with Crippen molar-refractivity contribution in [2.75, 3.05) is 20.3 Å². The lowest BCUT2D eigenvalue weighted by Gasteiger charge is -2.24. The minimum Gasteiger partial charge on any atom is -0.383 e. The number of halogens is 1. The highest BCUT2D eigenvalue weighted by Gasteiger charge is 2.27. The number of amides is 1. The Morgan fingerprint density at radius 2 is 1.91 bits per heavy atom. The summed E-state index contributed by atoms with van der Waals surface area (Å²) in [6.45, 7) is 6.91. The molecule has 0 aliphatic carbocycles. The van der Waals surface area contributed by atoms with Gasteiger partial charge in [0.05, 0.1) is 30.8 Å². The number of aryl methyl sites for hydroxylation is 1. The summed E-state index contributed by atoms with van der Waals surface area (Å²) in [6.07, 6.45) is 1.51. The van der Waals surface area contributed by atoms with E-state index in [-0.39, 0.29) is 48.0 Å². The number of hydrogen-bond donors (Lipinski definition) is 0. The van der Waals surface area contributed by atoms with Crippen molar-refractivity contribution in [2.24, 2.45) is 5.92 Å². The van der Waals surface area contributed by atoms with Crippen molar-refractivity contribution >= 4 is 15.7 Å². The Kier molecular flexibility index (Phi) is 8.80. The van der Waals surface area contributed by atoms with E-state index in [0.29, 0.717) is 12.2 Å². The van der Waals surface area contributed by atoms with Crippen molar-refractivity contribution in [3.05, 3.63) is 82.9 Å². The molecule has 0 bridgehead atoms. The number of aromatic nitrogens is 2. The summed E-state index contributed by atoms with van der Waals surface area (Å²) in [5, 5.41) is -0.0191. The second-order valence-electron chi connectivity index (χ2n) is 8.95. The first-order valence-corrected chi connectivity index (χ1v) is 13.1. The highest BCUT2D eigenvalue weighted by Crippen LogP contribution is 2.22. The number of sulfone groups is 1. The second-order valence-corrected chi connectivity index (χ2v) is 10.8. The minimum absolute atomic E-state index is 0.0191. The van der Waals surface area contributed by atoms with Crippen molar-refractivity contribution < 1.29 is 22.3 Å². The van der Waals surface area contributed by atoms with Crippen molar-refractivity contribution in [1.82, 2.24) is 14.5 Å². The molecule has 0 atom stereocenters. The van der Waals surface area contributed by atoms with Crippen LogP contribution < -0.4 is 0 Å². The summed E-state index contributed by atoms with van der Waals surface area (Å²) in [7, 11) is -2.22. The van der Waals surface area contributed by atoms with Crippen LogP contribution in [0.15, 0.2) is 59.9 Å². The van der Waals surface area contributed by atoms with Crippen LogP contribution in [0.1, 0.15) is 41.0 Å². The number of carbonyl (C=O) groups is 1. The van der Waals surface area contributed by atoms with Crippen LogP contribution in [0.3, 0.4) is 0 Å². The zero-order valence-corrected chi connectivity index (χ0v) is 21.4. The molecule has 0 radical (unpaired) electrons. The number of benzene rings is 2. The zero-order valence-electron chi connectivity index (χ0n) is 20.6. The van der Waals surface area contributed by atoms with E-state index in [2.05, 4.69) is 4.98 Å². The van der Waals surface area contributed by atoms with Crippen LogP contribution in [0.5, 0.6) is 0 Å². The monoisotopic (exact) mass is 501 g/mol. The fourth-order valence-corrected chi connectivity index (χ4v) is 5.42. The predicted octanol–water partition coefficient (Wildman–Crippen LogP) is 4.25. The molecule has 0 saturated heterocycles. The number of carbonyl (C=O) groups excluding carboxylic acids is 1. The lowest BCUT2D eigenvalue weighted by Crippen LogP contribution is -2.34. The molecular formula is C26H32FN3O4S. The fraction of sp³-hybridized carbons (Fsp3) is 0.385. The Morgan fingerprint density at radius 1 is 1.17 bits per heavy atom. The Labute approximate surface area is 206 Å². The molecule has 7 nitrogen and oxygen atoms in total. The summed E-state index contributed by atoms with van der Waals surface area (Å²) in [4.78, 5) is 19.0. The Balaban J connectivity index is 1.97. The molecule has 3 rings (SSSR count). The van der Waals surface area contributed by atoms with Crippen molar-refractivity contribution in [3.8, 4) is 0 Å². The smallest absolute Gasteiger partial charge is 0.254 e. The van der Waals surface area contributed by atoms with Crippen LogP contribution in [0.2, 0.25) is 0 Å². The van der Waals surface area contributed by atoms with Crippen LogP contribution in [0, 0.1) is 18.7 Å². The van der Waals surface area contributed by atoms with Crippen LogP contribution in [0.4, 0.5) is 4.39 Å². The van der Waals surface area contributed by atoms with Gasteiger partial charge >= 0.3 is 0 Å². The van der Waals surface area contributed by atoms with Crippen LogP contribution in [-0.2, 0) is 33.4 Å². The van der Waals surface area contributed by atoms with E-state index in [1.54, 1.807) is 16.7 Å². The van der Waals surface area contributed by atoms with Gasteiger partial charge < -0.3 is 14.2 Å². The first-order valence-electron chi connectivity index (χ1n) is 11.5.